The van der Waals surface area contributed by atoms with Crippen molar-refractivity contribution in [3.63, 3.8) is 0 Å². The molecule has 0 bridgehead atoms. The highest BCUT2D eigenvalue weighted by molar-refractivity contribution is 5.79. The van der Waals surface area contributed by atoms with E-state index in [1.54, 1.807) is 0 Å². The SMILES string of the molecule is CN1C(=O)CC[C@]2(CNC(=O)CN3CCOCC3)CCC[C@@H]12. The molecule has 3 rings (SSSR count). The zero-order valence-corrected chi connectivity index (χ0v) is 13.5. The van der Waals surface area contributed by atoms with Gasteiger partial charge in [0.05, 0.1) is 19.8 Å². The highest BCUT2D eigenvalue weighted by Crippen LogP contribution is 2.47. The van der Waals surface area contributed by atoms with Gasteiger partial charge in [-0.25, -0.2) is 0 Å². The van der Waals surface area contributed by atoms with Crippen LogP contribution in [0.5, 0.6) is 0 Å². The smallest absolute Gasteiger partial charge is 0.234 e. The Balaban J connectivity index is 1.53. The third-order valence-electron chi connectivity index (χ3n) is 5.67. The number of piperidine rings is 1. The lowest BCUT2D eigenvalue weighted by Gasteiger charge is -2.45. The van der Waals surface area contributed by atoms with E-state index in [1.807, 2.05) is 11.9 Å². The van der Waals surface area contributed by atoms with Crippen LogP contribution >= 0.6 is 0 Å². The molecule has 2 amide bonds. The number of carbonyl (C=O) groups excluding carboxylic acids is 2. The maximum absolute atomic E-state index is 12.2. The largest absolute Gasteiger partial charge is 0.379 e. The first-order valence-electron chi connectivity index (χ1n) is 8.43. The van der Waals surface area contributed by atoms with E-state index in [9.17, 15) is 9.59 Å². The summed E-state index contributed by atoms with van der Waals surface area (Å²) in [5.74, 6) is 0.351. The Morgan fingerprint density at radius 1 is 1.36 bits per heavy atom. The van der Waals surface area contributed by atoms with E-state index in [-0.39, 0.29) is 17.2 Å². The standard InChI is InChI=1S/C16H27N3O3/c1-18-13-3-2-5-16(13,6-4-15(18)21)12-17-14(20)11-19-7-9-22-10-8-19/h13H,2-12H2,1H3,(H,17,20)/t13-,16+/m1/s1. The van der Waals surface area contributed by atoms with Gasteiger partial charge in [0.15, 0.2) is 0 Å². The van der Waals surface area contributed by atoms with Crippen LogP contribution in [0.15, 0.2) is 0 Å². The van der Waals surface area contributed by atoms with Crippen LogP contribution in [0.25, 0.3) is 0 Å². The predicted molar refractivity (Wildman–Crippen MR) is 82.3 cm³/mol. The Bertz CT molecular complexity index is 436. The minimum atomic E-state index is 0.0986. The number of likely N-dealkylation sites (tertiary alicyclic amines) is 1. The lowest BCUT2D eigenvalue weighted by molar-refractivity contribution is -0.139. The van der Waals surface area contributed by atoms with Gasteiger partial charge in [0.1, 0.15) is 0 Å². The van der Waals surface area contributed by atoms with Gasteiger partial charge in [0.25, 0.3) is 0 Å². The molecule has 3 fully saturated rings. The van der Waals surface area contributed by atoms with Crippen molar-refractivity contribution in [1.82, 2.24) is 15.1 Å². The van der Waals surface area contributed by atoms with Crippen LogP contribution in [-0.2, 0) is 14.3 Å². The molecule has 0 aromatic carbocycles. The zero-order valence-electron chi connectivity index (χ0n) is 13.5. The number of nitrogens with zero attached hydrogens (tertiary/aromatic N) is 2. The first kappa shape index (κ1) is 15.7. The lowest BCUT2D eigenvalue weighted by Crippen LogP contribution is -2.55. The minimum absolute atomic E-state index is 0.0986. The van der Waals surface area contributed by atoms with Crippen molar-refractivity contribution in [1.29, 1.82) is 0 Å². The second kappa shape index (κ2) is 6.54. The second-order valence-electron chi connectivity index (χ2n) is 6.94. The van der Waals surface area contributed by atoms with Gasteiger partial charge in [-0.15, -0.1) is 0 Å². The number of nitrogens with one attached hydrogen (secondary N) is 1. The summed E-state index contributed by atoms with van der Waals surface area (Å²) < 4.78 is 5.30. The summed E-state index contributed by atoms with van der Waals surface area (Å²) in [6.45, 7) is 4.26. The van der Waals surface area contributed by atoms with E-state index in [0.29, 0.717) is 38.8 Å². The number of rotatable bonds is 4. The number of hydrogen-bond acceptors (Lipinski definition) is 4. The molecule has 1 N–H and O–H groups in total. The Morgan fingerprint density at radius 2 is 2.14 bits per heavy atom. The van der Waals surface area contributed by atoms with Crippen LogP contribution in [-0.4, -0.2) is 74.1 Å². The number of ether oxygens (including phenoxy) is 1. The summed E-state index contributed by atoms with van der Waals surface area (Å²) in [6, 6.07) is 0.303. The third-order valence-corrected chi connectivity index (χ3v) is 5.67. The maximum Gasteiger partial charge on any atom is 0.234 e. The Hall–Kier alpha value is -1.14. The highest BCUT2D eigenvalue weighted by atomic mass is 16.5. The molecule has 3 aliphatic rings. The van der Waals surface area contributed by atoms with Crippen molar-refractivity contribution in [2.45, 2.75) is 38.1 Å². The van der Waals surface area contributed by atoms with E-state index in [4.69, 9.17) is 4.74 Å². The first-order chi connectivity index (χ1) is 10.6. The number of fused-ring (bicyclic) bond motifs is 1. The molecule has 2 aliphatic heterocycles. The van der Waals surface area contributed by atoms with Crippen molar-refractivity contribution in [2.24, 2.45) is 5.41 Å². The molecule has 0 spiro atoms. The van der Waals surface area contributed by atoms with E-state index in [0.717, 1.165) is 38.8 Å². The molecule has 6 nitrogen and oxygen atoms in total. The topological polar surface area (TPSA) is 61.9 Å². The van der Waals surface area contributed by atoms with Gasteiger partial charge in [0.2, 0.25) is 11.8 Å². The number of amides is 2. The number of carbonyl (C=O) groups is 2. The molecule has 2 atom stereocenters. The summed E-state index contributed by atoms with van der Waals surface area (Å²) in [6.07, 6.45) is 4.88. The third kappa shape index (κ3) is 3.13. The molecular formula is C16H27N3O3. The predicted octanol–water partition coefficient (Wildman–Crippen LogP) is 0.226. The van der Waals surface area contributed by atoms with Crippen molar-refractivity contribution >= 4 is 11.8 Å². The van der Waals surface area contributed by atoms with Gasteiger partial charge in [-0.1, -0.05) is 6.42 Å². The molecule has 1 aliphatic carbocycles. The fourth-order valence-corrected chi connectivity index (χ4v) is 4.31. The average Bonchev–Trinajstić information content (AvgIpc) is 2.95. The first-order valence-corrected chi connectivity index (χ1v) is 8.43. The number of morpholine rings is 1. The van der Waals surface area contributed by atoms with E-state index < -0.39 is 0 Å². The van der Waals surface area contributed by atoms with Crippen molar-refractivity contribution in [2.75, 3.05) is 46.4 Å². The summed E-state index contributed by atoms with van der Waals surface area (Å²) in [4.78, 5) is 28.2. The van der Waals surface area contributed by atoms with Gasteiger partial charge < -0.3 is 15.0 Å². The van der Waals surface area contributed by atoms with Crippen LogP contribution < -0.4 is 5.32 Å². The summed E-state index contributed by atoms with van der Waals surface area (Å²) in [7, 11) is 1.92. The lowest BCUT2D eigenvalue weighted by atomic mass is 9.74. The molecule has 6 heteroatoms. The number of hydrogen-bond donors (Lipinski definition) is 1. The van der Waals surface area contributed by atoms with Gasteiger partial charge >= 0.3 is 0 Å². The van der Waals surface area contributed by atoms with E-state index in [2.05, 4.69) is 10.2 Å². The van der Waals surface area contributed by atoms with Gasteiger partial charge in [-0.2, -0.15) is 0 Å². The normalized spacial score (nSPS) is 32.9. The van der Waals surface area contributed by atoms with Crippen LogP contribution in [0.4, 0.5) is 0 Å². The van der Waals surface area contributed by atoms with Gasteiger partial charge in [0, 0.05) is 44.6 Å². The molecule has 22 heavy (non-hydrogen) atoms. The van der Waals surface area contributed by atoms with Gasteiger partial charge in [-0.05, 0) is 19.3 Å². The molecule has 124 valence electrons. The highest BCUT2D eigenvalue weighted by Gasteiger charge is 2.49. The second-order valence-corrected chi connectivity index (χ2v) is 6.94. The molecule has 1 saturated carbocycles. The van der Waals surface area contributed by atoms with Crippen LogP contribution in [0.2, 0.25) is 0 Å². The molecule has 0 aromatic rings. The van der Waals surface area contributed by atoms with E-state index >= 15 is 0 Å². The fraction of sp³-hybridized carbons (Fsp3) is 0.875. The molecule has 0 aromatic heterocycles. The minimum Gasteiger partial charge on any atom is -0.379 e. The Labute approximate surface area is 132 Å². The zero-order chi connectivity index (χ0) is 15.6. The van der Waals surface area contributed by atoms with Crippen LogP contribution in [0.1, 0.15) is 32.1 Å². The van der Waals surface area contributed by atoms with Crippen molar-refractivity contribution in [3.8, 4) is 0 Å². The molecule has 0 radical (unpaired) electrons. The quantitative estimate of drug-likeness (QED) is 0.807. The molecule has 2 heterocycles. The van der Waals surface area contributed by atoms with Crippen molar-refractivity contribution < 1.29 is 14.3 Å². The summed E-state index contributed by atoms with van der Waals surface area (Å²) >= 11 is 0. The van der Waals surface area contributed by atoms with E-state index in [1.165, 1.54) is 0 Å². The van der Waals surface area contributed by atoms with Crippen LogP contribution in [0.3, 0.4) is 0 Å². The average molecular weight is 309 g/mol. The molecular weight excluding hydrogens is 282 g/mol. The van der Waals surface area contributed by atoms with Crippen molar-refractivity contribution in [3.05, 3.63) is 0 Å². The maximum atomic E-state index is 12.2. The molecule has 0 unspecified atom stereocenters. The van der Waals surface area contributed by atoms with Gasteiger partial charge in [-0.3, -0.25) is 14.5 Å². The van der Waals surface area contributed by atoms with Crippen LogP contribution in [0, 0.1) is 5.41 Å². The Morgan fingerprint density at radius 3 is 2.91 bits per heavy atom. The monoisotopic (exact) mass is 309 g/mol. The Kier molecular flexibility index (Phi) is 4.68. The summed E-state index contributed by atoms with van der Waals surface area (Å²) in [5.41, 5.74) is 0.101. The summed E-state index contributed by atoms with van der Waals surface area (Å²) in [5, 5.41) is 3.14. The fourth-order valence-electron chi connectivity index (χ4n) is 4.31. The molecule has 2 saturated heterocycles.